The maximum atomic E-state index is 12.2. The molecule has 3 nitrogen and oxygen atoms in total. The van der Waals surface area contributed by atoms with Gasteiger partial charge in [0.25, 0.3) is 0 Å². The first-order valence-corrected chi connectivity index (χ1v) is 7.27. The molecular formula is C17H21ClN2O. The lowest BCUT2D eigenvalue weighted by Gasteiger charge is -2.19. The second-order valence-electron chi connectivity index (χ2n) is 5.45. The van der Waals surface area contributed by atoms with Crippen LogP contribution in [0.4, 0.5) is 0 Å². The number of hydrogen-bond donors (Lipinski definition) is 2. The fourth-order valence-corrected chi connectivity index (χ4v) is 2.93. The Morgan fingerprint density at radius 2 is 2.00 bits per heavy atom. The molecular weight excluding hydrogens is 284 g/mol. The van der Waals surface area contributed by atoms with E-state index in [1.807, 2.05) is 18.2 Å². The fraction of sp³-hybridized carbons (Fsp3) is 0.353. The predicted molar refractivity (Wildman–Crippen MR) is 88.8 cm³/mol. The van der Waals surface area contributed by atoms with Gasteiger partial charge in [-0.2, -0.15) is 0 Å². The lowest BCUT2D eigenvalue weighted by Crippen LogP contribution is -2.41. The van der Waals surface area contributed by atoms with Crippen LogP contribution in [0.3, 0.4) is 0 Å². The molecule has 1 fully saturated rings. The summed E-state index contributed by atoms with van der Waals surface area (Å²) in [5.41, 5.74) is 1.18. The fourth-order valence-electron chi connectivity index (χ4n) is 2.93. The number of carbonyl (C=O) groups is 1. The Labute approximate surface area is 131 Å². The van der Waals surface area contributed by atoms with Gasteiger partial charge in [-0.1, -0.05) is 42.5 Å². The van der Waals surface area contributed by atoms with Gasteiger partial charge < -0.3 is 10.6 Å². The summed E-state index contributed by atoms with van der Waals surface area (Å²) in [6.45, 7) is 3.00. The van der Waals surface area contributed by atoms with E-state index in [1.54, 1.807) is 0 Å². The molecule has 1 unspecified atom stereocenters. The summed E-state index contributed by atoms with van der Waals surface area (Å²) >= 11 is 0. The normalized spacial score (nSPS) is 19.0. The molecule has 1 heterocycles. The van der Waals surface area contributed by atoms with Crippen LogP contribution in [0.5, 0.6) is 0 Å². The molecule has 2 aromatic rings. The minimum Gasteiger partial charge on any atom is -0.348 e. The van der Waals surface area contributed by atoms with Gasteiger partial charge in [-0.3, -0.25) is 4.79 Å². The second-order valence-corrected chi connectivity index (χ2v) is 5.45. The van der Waals surface area contributed by atoms with Crippen molar-refractivity contribution in [3.8, 4) is 0 Å². The van der Waals surface area contributed by atoms with Crippen LogP contribution in [-0.4, -0.2) is 18.5 Å². The minimum absolute atomic E-state index is 0. The highest BCUT2D eigenvalue weighted by Gasteiger charge is 2.23. The van der Waals surface area contributed by atoms with Gasteiger partial charge in [0.1, 0.15) is 0 Å². The standard InChI is InChI=1S/C17H20N2O.ClH/c1-12(19-17(20)16-10-5-11-18-16)14-9-4-7-13-6-2-3-8-15(13)14;/h2-4,6-9,12,16,18H,5,10-11H2,1H3,(H,19,20);1H/t12?,16-;/m0./s1. The number of carbonyl (C=O) groups excluding carboxylic acids is 1. The molecule has 112 valence electrons. The van der Waals surface area contributed by atoms with E-state index in [0.717, 1.165) is 19.4 Å². The zero-order valence-corrected chi connectivity index (χ0v) is 13.0. The van der Waals surface area contributed by atoms with E-state index >= 15 is 0 Å². The summed E-state index contributed by atoms with van der Waals surface area (Å²) in [7, 11) is 0. The van der Waals surface area contributed by atoms with Gasteiger partial charge in [0.15, 0.2) is 0 Å². The summed E-state index contributed by atoms with van der Waals surface area (Å²) in [5.74, 6) is 0.114. The van der Waals surface area contributed by atoms with Crippen LogP contribution in [0.1, 0.15) is 31.4 Å². The molecule has 1 amide bonds. The van der Waals surface area contributed by atoms with E-state index < -0.39 is 0 Å². The third-order valence-electron chi connectivity index (χ3n) is 4.03. The van der Waals surface area contributed by atoms with Crippen molar-refractivity contribution in [2.75, 3.05) is 6.54 Å². The zero-order chi connectivity index (χ0) is 13.9. The Morgan fingerprint density at radius 1 is 1.24 bits per heavy atom. The van der Waals surface area contributed by atoms with Crippen molar-refractivity contribution in [1.29, 1.82) is 0 Å². The van der Waals surface area contributed by atoms with Gasteiger partial charge in [-0.05, 0) is 42.6 Å². The Balaban J connectivity index is 0.00000161. The molecule has 0 bridgehead atoms. The first-order valence-electron chi connectivity index (χ1n) is 7.27. The summed E-state index contributed by atoms with van der Waals surface area (Å²) < 4.78 is 0. The molecule has 0 spiro atoms. The number of nitrogens with one attached hydrogen (secondary N) is 2. The second kappa shape index (κ2) is 6.92. The van der Waals surface area contributed by atoms with Gasteiger partial charge in [0, 0.05) is 0 Å². The topological polar surface area (TPSA) is 41.1 Å². The average molecular weight is 305 g/mol. The van der Waals surface area contributed by atoms with Crippen molar-refractivity contribution >= 4 is 29.1 Å². The Kier molecular flexibility index (Phi) is 5.21. The Bertz CT molecular complexity index is 618. The van der Waals surface area contributed by atoms with Crippen LogP contribution < -0.4 is 10.6 Å². The lowest BCUT2D eigenvalue weighted by atomic mass is 9.99. The number of hydrogen-bond acceptors (Lipinski definition) is 2. The highest BCUT2D eigenvalue weighted by Crippen LogP contribution is 2.24. The van der Waals surface area contributed by atoms with Crippen molar-refractivity contribution < 1.29 is 4.79 Å². The molecule has 0 saturated carbocycles. The van der Waals surface area contributed by atoms with Crippen LogP contribution in [0.25, 0.3) is 10.8 Å². The minimum atomic E-state index is -0.0209. The Hall–Kier alpha value is -1.58. The first-order chi connectivity index (χ1) is 9.75. The van der Waals surface area contributed by atoms with Crippen LogP contribution in [0.15, 0.2) is 42.5 Å². The van der Waals surface area contributed by atoms with Crippen molar-refractivity contribution in [2.45, 2.75) is 31.8 Å². The molecule has 0 radical (unpaired) electrons. The third kappa shape index (κ3) is 3.36. The molecule has 4 heteroatoms. The quantitative estimate of drug-likeness (QED) is 0.914. The van der Waals surface area contributed by atoms with E-state index in [4.69, 9.17) is 0 Å². The molecule has 0 aromatic heterocycles. The summed E-state index contributed by atoms with van der Waals surface area (Å²) in [6.07, 6.45) is 2.02. The zero-order valence-electron chi connectivity index (χ0n) is 12.1. The third-order valence-corrected chi connectivity index (χ3v) is 4.03. The van der Waals surface area contributed by atoms with E-state index in [9.17, 15) is 4.79 Å². The van der Waals surface area contributed by atoms with Crippen LogP contribution in [0, 0.1) is 0 Å². The van der Waals surface area contributed by atoms with Crippen molar-refractivity contribution in [1.82, 2.24) is 10.6 Å². The van der Waals surface area contributed by atoms with Crippen molar-refractivity contribution in [3.05, 3.63) is 48.0 Å². The largest absolute Gasteiger partial charge is 0.348 e. The maximum Gasteiger partial charge on any atom is 0.237 e. The van der Waals surface area contributed by atoms with Crippen molar-refractivity contribution in [2.24, 2.45) is 0 Å². The molecule has 1 saturated heterocycles. The first kappa shape index (κ1) is 15.8. The molecule has 1 aliphatic rings. The SMILES string of the molecule is CC(NC(=O)[C@@H]1CCCN1)c1cccc2ccccc12.Cl. The molecule has 3 rings (SSSR count). The molecule has 2 aromatic carbocycles. The lowest BCUT2D eigenvalue weighted by molar-refractivity contribution is -0.123. The van der Waals surface area contributed by atoms with Gasteiger partial charge >= 0.3 is 0 Å². The number of benzene rings is 2. The smallest absolute Gasteiger partial charge is 0.237 e. The molecule has 2 N–H and O–H groups in total. The number of rotatable bonds is 3. The van der Waals surface area contributed by atoms with Crippen molar-refractivity contribution in [3.63, 3.8) is 0 Å². The predicted octanol–water partition coefficient (Wildman–Crippen LogP) is 3.19. The molecule has 0 aliphatic carbocycles. The number of halogens is 1. The van der Waals surface area contributed by atoms with Crippen LogP contribution in [0.2, 0.25) is 0 Å². The van der Waals surface area contributed by atoms with E-state index in [0.29, 0.717) is 0 Å². The number of amides is 1. The molecule has 2 atom stereocenters. The maximum absolute atomic E-state index is 12.2. The molecule has 21 heavy (non-hydrogen) atoms. The van der Waals surface area contributed by atoms with Gasteiger partial charge in [-0.25, -0.2) is 0 Å². The summed E-state index contributed by atoms with van der Waals surface area (Å²) in [4.78, 5) is 12.2. The van der Waals surface area contributed by atoms with E-state index in [-0.39, 0.29) is 30.4 Å². The highest BCUT2D eigenvalue weighted by atomic mass is 35.5. The monoisotopic (exact) mass is 304 g/mol. The van der Waals surface area contributed by atoms with Gasteiger partial charge in [-0.15, -0.1) is 12.4 Å². The highest BCUT2D eigenvalue weighted by molar-refractivity contribution is 5.87. The van der Waals surface area contributed by atoms with E-state index in [2.05, 4.69) is 41.8 Å². The van der Waals surface area contributed by atoms with E-state index in [1.165, 1.54) is 16.3 Å². The Morgan fingerprint density at radius 3 is 2.76 bits per heavy atom. The summed E-state index contributed by atoms with van der Waals surface area (Å²) in [6, 6.07) is 14.5. The van der Waals surface area contributed by atoms with Gasteiger partial charge in [0.2, 0.25) is 5.91 Å². The average Bonchev–Trinajstić information content (AvgIpc) is 3.01. The van der Waals surface area contributed by atoms with Crippen LogP contribution in [-0.2, 0) is 4.79 Å². The van der Waals surface area contributed by atoms with Gasteiger partial charge in [0.05, 0.1) is 12.1 Å². The number of fused-ring (bicyclic) bond motifs is 1. The molecule has 1 aliphatic heterocycles. The summed E-state index contributed by atoms with van der Waals surface area (Å²) in [5, 5.41) is 8.79. The van der Waals surface area contributed by atoms with Crippen LogP contribution >= 0.6 is 12.4 Å².